The quantitative estimate of drug-likeness (QED) is 0.618. The topological polar surface area (TPSA) is 85.6 Å². The zero-order valence-corrected chi connectivity index (χ0v) is 13.8. The SMILES string of the molecule is CCCn1ncnc1[C@@H](C)NC(=O)CSc1nccc(C)n1. The normalized spacial score (nSPS) is 12.1. The number of aromatic nitrogens is 5. The summed E-state index contributed by atoms with van der Waals surface area (Å²) in [7, 11) is 0. The van der Waals surface area contributed by atoms with Gasteiger partial charge in [-0.05, 0) is 26.3 Å². The smallest absolute Gasteiger partial charge is 0.231 e. The highest BCUT2D eigenvalue weighted by atomic mass is 32.2. The summed E-state index contributed by atoms with van der Waals surface area (Å²) in [6, 6.07) is 1.65. The minimum atomic E-state index is -0.180. The summed E-state index contributed by atoms with van der Waals surface area (Å²) in [6.45, 7) is 6.67. The second-order valence-electron chi connectivity index (χ2n) is 4.90. The molecule has 0 spiro atoms. The van der Waals surface area contributed by atoms with E-state index in [9.17, 15) is 4.79 Å². The van der Waals surface area contributed by atoms with E-state index in [0.29, 0.717) is 5.16 Å². The summed E-state index contributed by atoms with van der Waals surface area (Å²) in [5, 5.41) is 7.70. The number of nitrogens with zero attached hydrogens (tertiary/aromatic N) is 5. The van der Waals surface area contributed by atoms with Crippen LogP contribution < -0.4 is 5.32 Å². The molecule has 1 amide bonds. The zero-order chi connectivity index (χ0) is 15.9. The summed E-state index contributed by atoms with van der Waals surface area (Å²) >= 11 is 1.32. The van der Waals surface area contributed by atoms with Crippen molar-refractivity contribution in [1.29, 1.82) is 0 Å². The van der Waals surface area contributed by atoms with Crippen molar-refractivity contribution in [2.24, 2.45) is 0 Å². The molecule has 0 aliphatic rings. The van der Waals surface area contributed by atoms with Crippen molar-refractivity contribution in [1.82, 2.24) is 30.0 Å². The van der Waals surface area contributed by atoms with Gasteiger partial charge in [0.05, 0.1) is 11.8 Å². The van der Waals surface area contributed by atoms with Gasteiger partial charge in [0.2, 0.25) is 5.91 Å². The first-order chi connectivity index (χ1) is 10.6. The van der Waals surface area contributed by atoms with Crippen LogP contribution in [0, 0.1) is 6.92 Å². The summed E-state index contributed by atoms with van der Waals surface area (Å²) < 4.78 is 1.82. The van der Waals surface area contributed by atoms with Gasteiger partial charge in [0.25, 0.3) is 0 Å². The van der Waals surface area contributed by atoms with Crippen LogP contribution in [0.5, 0.6) is 0 Å². The Morgan fingerprint density at radius 2 is 2.27 bits per heavy atom. The second kappa shape index (κ2) is 7.88. The van der Waals surface area contributed by atoms with Gasteiger partial charge in [-0.2, -0.15) is 5.10 Å². The Morgan fingerprint density at radius 3 is 3.00 bits per heavy atom. The Bertz CT molecular complexity index is 629. The maximum atomic E-state index is 12.0. The van der Waals surface area contributed by atoms with E-state index in [1.54, 1.807) is 6.20 Å². The van der Waals surface area contributed by atoms with Crippen LogP contribution in [0.25, 0.3) is 0 Å². The van der Waals surface area contributed by atoms with Crippen molar-refractivity contribution < 1.29 is 4.79 Å². The minimum absolute atomic E-state index is 0.0753. The largest absolute Gasteiger partial charge is 0.346 e. The number of thioether (sulfide) groups is 1. The maximum absolute atomic E-state index is 12.0. The lowest BCUT2D eigenvalue weighted by Crippen LogP contribution is -2.30. The summed E-state index contributed by atoms with van der Waals surface area (Å²) in [4.78, 5) is 24.6. The average Bonchev–Trinajstić information content (AvgIpc) is 2.94. The van der Waals surface area contributed by atoms with Crippen LogP contribution in [-0.4, -0.2) is 36.4 Å². The molecule has 0 aromatic carbocycles. The lowest BCUT2D eigenvalue weighted by atomic mass is 10.3. The van der Waals surface area contributed by atoms with Gasteiger partial charge in [0.1, 0.15) is 12.2 Å². The fourth-order valence-corrected chi connectivity index (χ4v) is 2.65. The molecule has 0 aliphatic heterocycles. The molecular formula is C14H20N6OS. The third kappa shape index (κ3) is 4.52. The first kappa shape index (κ1) is 16.4. The molecule has 0 radical (unpaired) electrons. The molecular weight excluding hydrogens is 300 g/mol. The van der Waals surface area contributed by atoms with Gasteiger partial charge >= 0.3 is 0 Å². The molecule has 0 saturated heterocycles. The van der Waals surface area contributed by atoms with E-state index in [1.165, 1.54) is 18.1 Å². The van der Waals surface area contributed by atoms with E-state index in [4.69, 9.17) is 0 Å². The third-order valence-corrected chi connectivity index (χ3v) is 3.81. The standard InChI is InChI=1S/C14H20N6OS/c1-4-7-20-13(16-9-17-20)11(3)19-12(21)8-22-14-15-6-5-10(2)18-14/h5-6,9,11H,4,7-8H2,1-3H3,(H,19,21)/t11-/m1/s1. The second-order valence-corrected chi connectivity index (χ2v) is 5.84. The number of carbonyl (C=O) groups is 1. The van der Waals surface area contributed by atoms with Crippen molar-refractivity contribution in [3.63, 3.8) is 0 Å². The monoisotopic (exact) mass is 320 g/mol. The Labute approximate surface area is 134 Å². The summed E-state index contributed by atoms with van der Waals surface area (Å²) in [5.74, 6) is 0.969. The fraction of sp³-hybridized carbons (Fsp3) is 0.500. The molecule has 1 N–H and O–H groups in total. The highest BCUT2D eigenvalue weighted by Crippen LogP contribution is 2.13. The number of aryl methyl sites for hydroxylation is 2. The van der Waals surface area contributed by atoms with Gasteiger partial charge in [-0.25, -0.2) is 19.6 Å². The van der Waals surface area contributed by atoms with Gasteiger partial charge in [0.15, 0.2) is 5.16 Å². The van der Waals surface area contributed by atoms with E-state index in [-0.39, 0.29) is 17.7 Å². The number of hydrogen-bond donors (Lipinski definition) is 1. The fourth-order valence-electron chi connectivity index (χ4n) is 1.97. The van der Waals surface area contributed by atoms with Gasteiger partial charge in [-0.3, -0.25) is 4.79 Å². The summed E-state index contributed by atoms with van der Waals surface area (Å²) in [5.41, 5.74) is 0.888. The van der Waals surface area contributed by atoms with Gasteiger partial charge in [0, 0.05) is 18.4 Å². The highest BCUT2D eigenvalue weighted by Gasteiger charge is 2.15. The molecule has 2 aromatic heterocycles. The van der Waals surface area contributed by atoms with Crippen molar-refractivity contribution in [3.05, 3.63) is 30.1 Å². The Kier molecular flexibility index (Phi) is 5.88. The van der Waals surface area contributed by atoms with Crippen molar-refractivity contribution in [3.8, 4) is 0 Å². The Hall–Kier alpha value is -1.96. The first-order valence-corrected chi connectivity index (χ1v) is 8.18. The number of hydrogen-bond acceptors (Lipinski definition) is 6. The van der Waals surface area contributed by atoms with Crippen molar-refractivity contribution in [2.75, 3.05) is 5.75 Å². The van der Waals surface area contributed by atoms with E-state index < -0.39 is 0 Å². The molecule has 22 heavy (non-hydrogen) atoms. The predicted octanol–water partition coefficient (Wildman–Crippen LogP) is 1.76. The van der Waals surface area contributed by atoms with Crippen LogP contribution in [0.4, 0.5) is 0 Å². The van der Waals surface area contributed by atoms with E-state index in [0.717, 1.165) is 24.5 Å². The van der Waals surface area contributed by atoms with Crippen LogP contribution in [0.1, 0.15) is 37.8 Å². The number of carbonyl (C=O) groups excluding carboxylic acids is 1. The molecule has 1 atom stereocenters. The molecule has 2 aromatic rings. The van der Waals surface area contributed by atoms with E-state index in [2.05, 4.69) is 32.3 Å². The van der Waals surface area contributed by atoms with Crippen LogP contribution in [0.15, 0.2) is 23.7 Å². The minimum Gasteiger partial charge on any atom is -0.346 e. The van der Waals surface area contributed by atoms with Gasteiger partial charge in [-0.1, -0.05) is 18.7 Å². The number of amides is 1. The molecule has 0 bridgehead atoms. The highest BCUT2D eigenvalue weighted by molar-refractivity contribution is 7.99. The molecule has 0 saturated carbocycles. The zero-order valence-electron chi connectivity index (χ0n) is 13.0. The maximum Gasteiger partial charge on any atom is 0.231 e. The van der Waals surface area contributed by atoms with E-state index in [1.807, 2.05) is 24.6 Å². The molecule has 2 rings (SSSR count). The number of rotatable bonds is 7. The average molecular weight is 320 g/mol. The Balaban J connectivity index is 1.87. The van der Waals surface area contributed by atoms with Crippen LogP contribution in [0.3, 0.4) is 0 Å². The van der Waals surface area contributed by atoms with Crippen LogP contribution >= 0.6 is 11.8 Å². The molecule has 118 valence electrons. The van der Waals surface area contributed by atoms with Gasteiger partial charge in [-0.15, -0.1) is 0 Å². The molecule has 0 aliphatic carbocycles. The lowest BCUT2D eigenvalue weighted by molar-refractivity contribution is -0.119. The lowest BCUT2D eigenvalue weighted by Gasteiger charge is -2.14. The predicted molar refractivity (Wildman–Crippen MR) is 84.4 cm³/mol. The molecule has 0 fully saturated rings. The number of nitrogens with one attached hydrogen (secondary N) is 1. The van der Waals surface area contributed by atoms with Crippen molar-refractivity contribution in [2.45, 2.75) is 44.9 Å². The molecule has 7 nitrogen and oxygen atoms in total. The van der Waals surface area contributed by atoms with Crippen LogP contribution in [0.2, 0.25) is 0 Å². The van der Waals surface area contributed by atoms with E-state index >= 15 is 0 Å². The molecule has 8 heteroatoms. The first-order valence-electron chi connectivity index (χ1n) is 7.19. The molecule has 0 unspecified atom stereocenters. The summed E-state index contributed by atoms with van der Waals surface area (Å²) in [6.07, 6.45) is 4.18. The Morgan fingerprint density at radius 1 is 1.45 bits per heavy atom. The van der Waals surface area contributed by atoms with Crippen molar-refractivity contribution >= 4 is 17.7 Å². The molecule has 2 heterocycles. The third-order valence-electron chi connectivity index (χ3n) is 2.95. The van der Waals surface area contributed by atoms with Gasteiger partial charge < -0.3 is 5.32 Å². The van der Waals surface area contributed by atoms with Crippen LogP contribution in [-0.2, 0) is 11.3 Å².